The molecule has 13 heavy (non-hydrogen) atoms. The van der Waals surface area contributed by atoms with Gasteiger partial charge in [-0.1, -0.05) is 36.2 Å². The number of rotatable bonds is 5. The molecule has 0 spiro atoms. The number of carbonyl (C=O) groups excluding carboxylic acids is 1. The molecule has 78 valence electrons. The molecule has 0 saturated carbocycles. The molecular weight excluding hydrogens is 230 g/mol. The second-order valence-corrected chi connectivity index (χ2v) is 4.37. The van der Waals surface area contributed by atoms with Crippen LogP contribution in [0.15, 0.2) is 0 Å². The molecule has 0 aliphatic rings. The van der Waals surface area contributed by atoms with E-state index in [1.54, 1.807) is 0 Å². The van der Waals surface area contributed by atoms with Crippen molar-refractivity contribution >= 4 is 21.8 Å². The van der Waals surface area contributed by atoms with Gasteiger partial charge in [0.1, 0.15) is 0 Å². The van der Waals surface area contributed by atoms with Gasteiger partial charge in [0.15, 0.2) is 0 Å². The Hall–Kier alpha value is -0.0500. The molecule has 0 aliphatic carbocycles. The molecule has 0 aromatic heterocycles. The molecule has 0 aliphatic heterocycles. The maximum Gasteiger partial charge on any atom is 0.222 e. The molecule has 0 radical (unpaired) electrons. The van der Waals surface area contributed by atoms with Crippen molar-refractivity contribution in [2.45, 2.75) is 39.7 Å². The van der Waals surface area contributed by atoms with Crippen molar-refractivity contribution in [2.24, 2.45) is 5.92 Å². The Kier molecular flexibility index (Phi) is 6.39. The Morgan fingerprint density at radius 3 is 2.38 bits per heavy atom. The van der Waals surface area contributed by atoms with E-state index in [1.807, 2.05) is 18.9 Å². The molecule has 0 rings (SSSR count). The zero-order valence-corrected chi connectivity index (χ0v) is 10.6. The Labute approximate surface area is 89.8 Å². The van der Waals surface area contributed by atoms with Crippen LogP contribution in [0.25, 0.3) is 0 Å². The van der Waals surface area contributed by atoms with Crippen molar-refractivity contribution in [3.63, 3.8) is 0 Å². The van der Waals surface area contributed by atoms with E-state index in [0.29, 0.717) is 12.3 Å². The third kappa shape index (κ3) is 4.65. The fourth-order valence-corrected chi connectivity index (χ4v) is 1.37. The summed E-state index contributed by atoms with van der Waals surface area (Å²) in [6.07, 6.45) is 1.74. The van der Waals surface area contributed by atoms with Gasteiger partial charge < -0.3 is 4.90 Å². The van der Waals surface area contributed by atoms with Crippen molar-refractivity contribution < 1.29 is 4.79 Å². The average Bonchev–Trinajstić information content (AvgIpc) is 2.14. The number of hydrogen-bond donors (Lipinski definition) is 0. The second-order valence-electron chi connectivity index (χ2n) is 3.73. The number of alkyl halides is 1. The first-order valence-corrected chi connectivity index (χ1v) is 5.96. The first-order valence-electron chi connectivity index (χ1n) is 4.84. The minimum Gasteiger partial charge on any atom is -0.342 e. The van der Waals surface area contributed by atoms with Crippen LogP contribution >= 0.6 is 15.9 Å². The molecule has 1 amide bonds. The fourth-order valence-electron chi connectivity index (χ4n) is 0.936. The minimum atomic E-state index is 0.251. The Balaban J connectivity index is 3.96. The lowest BCUT2D eigenvalue weighted by atomic mass is 10.0. The topological polar surface area (TPSA) is 20.3 Å². The molecule has 2 atom stereocenters. The zero-order valence-electron chi connectivity index (χ0n) is 9.01. The third-order valence-corrected chi connectivity index (χ3v) is 3.43. The molecule has 0 fully saturated rings. The highest BCUT2D eigenvalue weighted by molar-refractivity contribution is 9.09. The monoisotopic (exact) mass is 249 g/mol. The summed E-state index contributed by atoms with van der Waals surface area (Å²) in [5.74, 6) is 0.749. The van der Waals surface area contributed by atoms with Crippen molar-refractivity contribution in [1.29, 1.82) is 0 Å². The minimum absolute atomic E-state index is 0.251. The number of amides is 1. The van der Waals surface area contributed by atoms with Crippen molar-refractivity contribution in [1.82, 2.24) is 4.90 Å². The van der Waals surface area contributed by atoms with Gasteiger partial charge in [-0.15, -0.1) is 0 Å². The lowest BCUT2D eigenvalue weighted by Crippen LogP contribution is -2.36. The van der Waals surface area contributed by atoms with E-state index in [0.717, 1.165) is 11.8 Å². The van der Waals surface area contributed by atoms with E-state index in [-0.39, 0.29) is 11.9 Å². The molecule has 0 bridgehead atoms. The van der Waals surface area contributed by atoms with Gasteiger partial charge in [-0.2, -0.15) is 0 Å². The van der Waals surface area contributed by atoms with Gasteiger partial charge in [0.2, 0.25) is 5.91 Å². The maximum atomic E-state index is 11.6. The number of nitrogens with zero attached hydrogens (tertiary/aromatic N) is 1. The molecular formula is C10H20BrNO. The van der Waals surface area contributed by atoms with E-state index in [2.05, 4.69) is 29.8 Å². The van der Waals surface area contributed by atoms with Crippen LogP contribution in [-0.2, 0) is 4.79 Å². The Morgan fingerprint density at radius 2 is 2.00 bits per heavy atom. The molecule has 0 aromatic rings. The SMILES string of the molecule is CCC(C)CC(=O)N(C)C(C)CBr. The predicted octanol–water partition coefficient (Wildman–Crippen LogP) is 2.66. The summed E-state index contributed by atoms with van der Waals surface area (Å²) in [6.45, 7) is 6.28. The van der Waals surface area contributed by atoms with E-state index in [4.69, 9.17) is 0 Å². The summed E-state index contributed by atoms with van der Waals surface area (Å²) < 4.78 is 0. The summed E-state index contributed by atoms with van der Waals surface area (Å²) in [4.78, 5) is 13.4. The second kappa shape index (κ2) is 6.41. The molecule has 0 aromatic carbocycles. The third-order valence-electron chi connectivity index (χ3n) is 2.50. The highest BCUT2D eigenvalue weighted by Gasteiger charge is 2.16. The van der Waals surface area contributed by atoms with Gasteiger partial charge in [-0.05, 0) is 12.8 Å². The number of halogens is 1. The van der Waals surface area contributed by atoms with Gasteiger partial charge in [-0.3, -0.25) is 4.79 Å². The predicted molar refractivity (Wildman–Crippen MR) is 60.1 cm³/mol. The van der Waals surface area contributed by atoms with Crippen LogP contribution < -0.4 is 0 Å². The molecule has 3 heteroatoms. The van der Waals surface area contributed by atoms with Crippen LogP contribution in [0.1, 0.15) is 33.6 Å². The van der Waals surface area contributed by atoms with Gasteiger partial charge >= 0.3 is 0 Å². The van der Waals surface area contributed by atoms with Crippen LogP contribution in [0.2, 0.25) is 0 Å². The summed E-state index contributed by atoms with van der Waals surface area (Å²) >= 11 is 3.37. The lowest BCUT2D eigenvalue weighted by Gasteiger charge is -2.24. The average molecular weight is 250 g/mol. The Morgan fingerprint density at radius 1 is 1.46 bits per heavy atom. The van der Waals surface area contributed by atoms with Gasteiger partial charge in [0.25, 0.3) is 0 Å². The smallest absolute Gasteiger partial charge is 0.222 e. The molecule has 2 unspecified atom stereocenters. The van der Waals surface area contributed by atoms with Crippen molar-refractivity contribution in [2.75, 3.05) is 12.4 Å². The Bertz CT molecular complexity index is 161. The summed E-state index contributed by atoms with van der Waals surface area (Å²) in [5.41, 5.74) is 0. The quantitative estimate of drug-likeness (QED) is 0.687. The van der Waals surface area contributed by atoms with Gasteiger partial charge in [0.05, 0.1) is 0 Å². The fraction of sp³-hybridized carbons (Fsp3) is 0.900. The van der Waals surface area contributed by atoms with E-state index in [9.17, 15) is 4.79 Å². The number of carbonyl (C=O) groups is 1. The highest BCUT2D eigenvalue weighted by Crippen LogP contribution is 2.10. The standard InChI is InChI=1S/C10H20BrNO/c1-5-8(2)6-10(13)12(4)9(3)7-11/h8-9H,5-7H2,1-4H3. The van der Waals surface area contributed by atoms with Crippen LogP contribution in [0.5, 0.6) is 0 Å². The molecule has 0 heterocycles. The van der Waals surface area contributed by atoms with Crippen LogP contribution in [0.4, 0.5) is 0 Å². The highest BCUT2D eigenvalue weighted by atomic mass is 79.9. The van der Waals surface area contributed by atoms with Gasteiger partial charge in [-0.25, -0.2) is 0 Å². The van der Waals surface area contributed by atoms with Crippen molar-refractivity contribution in [3.05, 3.63) is 0 Å². The maximum absolute atomic E-state index is 11.6. The molecule has 0 saturated heterocycles. The number of hydrogen-bond acceptors (Lipinski definition) is 1. The van der Waals surface area contributed by atoms with Crippen LogP contribution in [0, 0.1) is 5.92 Å². The first kappa shape index (κ1) is 12.9. The zero-order chi connectivity index (χ0) is 10.4. The first-order chi connectivity index (χ1) is 6.02. The molecule has 0 N–H and O–H groups in total. The van der Waals surface area contributed by atoms with E-state index in [1.165, 1.54) is 0 Å². The van der Waals surface area contributed by atoms with E-state index < -0.39 is 0 Å². The normalized spacial score (nSPS) is 15.2. The van der Waals surface area contributed by atoms with Gasteiger partial charge in [0, 0.05) is 24.8 Å². The summed E-state index contributed by atoms with van der Waals surface area (Å²) in [7, 11) is 1.87. The summed E-state index contributed by atoms with van der Waals surface area (Å²) in [5, 5.41) is 0.843. The van der Waals surface area contributed by atoms with E-state index >= 15 is 0 Å². The van der Waals surface area contributed by atoms with Crippen molar-refractivity contribution in [3.8, 4) is 0 Å². The van der Waals surface area contributed by atoms with Crippen LogP contribution in [-0.4, -0.2) is 29.2 Å². The molecule has 2 nitrogen and oxygen atoms in total. The van der Waals surface area contributed by atoms with Crippen LogP contribution in [0.3, 0.4) is 0 Å². The summed E-state index contributed by atoms with van der Waals surface area (Å²) in [6, 6.07) is 0.288. The largest absolute Gasteiger partial charge is 0.342 e. The lowest BCUT2D eigenvalue weighted by molar-refractivity contribution is -0.132.